The van der Waals surface area contributed by atoms with Gasteiger partial charge in [-0.2, -0.15) is 5.10 Å². The lowest BCUT2D eigenvalue weighted by Crippen LogP contribution is -2.39. The number of Topliss-reactive ketones (excluding diaryl/α,β-unsaturated/α-hetero) is 1. The van der Waals surface area contributed by atoms with Gasteiger partial charge in [-0.25, -0.2) is 4.90 Å². The highest BCUT2D eigenvalue weighted by atomic mass is 35.5. The van der Waals surface area contributed by atoms with E-state index in [1.165, 1.54) is 11.9 Å². The van der Waals surface area contributed by atoms with E-state index in [1.807, 2.05) is 31.2 Å². The van der Waals surface area contributed by atoms with Crippen LogP contribution in [0, 0.1) is 12.8 Å². The summed E-state index contributed by atoms with van der Waals surface area (Å²) < 4.78 is 0. The molecule has 2 heterocycles. The Bertz CT molecular complexity index is 1000. The molecule has 2 aliphatic rings. The molecule has 0 aliphatic carbocycles. The lowest BCUT2D eigenvalue weighted by Gasteiger charge is -2.22. The quantitative estimate of drug-likeness (QED) is 0.766. The van der Waals surface area contributed by atoms with E-state index in [9.17, 15) is 14.4 Å². The van der Waals surface area contributed by atoms with Crippen LogP contribution in [0.25, 0.3) is 0 Å². The molecule has 2 amide bonds. The minimum absolute atomic E-state index is 0.100. The molecule has 4 rings (SSSR count). The number of nitrogens with zero attached hydrogens (tertiary/aromatic N) is 3. The number of halogens is 1. The maximum atomic E-state index is 13.2. The van der Waals surface area contributed by atoms with Crippen LogP contribution in [0.5, 0.6) is 0 Å². The van der Waals surface area contributed by atoms with Gasteiger partial charge in [0.25, 0.3) is 5.91 Å². The van der Waals surface area contributed by atoms with E-state index in [2.05, 4.69) is 5.10 Å². The first-order chi connectivity index (χ1) is 12.9. The summed E-state index contributed by atoms with van der Waals surface area (Å²) in [5, 5.41) is 6.22. The van der Waals surface area contributed by atoms with Gasteiger partial charge in [-0.3, -0.25) is 19.4 Å². The first-order valence-corrected chi connectivity index (χ1v) is 8.85. The number of fused-ring (bicyclic) bond motifs is 1. The standard InChI is InChI=1S/C20H16ClN3O3/c1-11-6-8-14(9-7-11)24-18-16(17(22-24)12(2)25)19(26)23(20(18)27)15-5-3-4-13(21)10-15/h3-10,16,18H,1-2H3. The topological polar surface area (TPSA) is 70.1 Å². The summed E-state index contributed by atoms with van der Waals surface area (Å²) in [5.41, 5.74) is 2.20. The van der Waals surface area contributed by atoms with Gasteiger partial charge in [-0.15, -0.1) is 0 Å². The van der Waals surface area contributed by atoms with Crippen LogP contribution in [-0.2, 0) is 14.4 Å². The Kier molecular flexibility index (Phi) is 4.08. The van der Waals surface area contributed by atoms with Gasteiger partial charge in [0.1, 0.15) is 17.7 Å². The molecule has 0 bridgehead atoms. The van der Waals surface area contributed by atoms with Crippen molar-refractivity contribution in [1.29, 1.82) is 0 Å². The van der Waals surface area contributed by atoms with Gasteiger partial charge >= 0.3 is 0 Å². The van der Waals surface area contributed by atoms with Crippen molar-refractivity contribution in [2.45, 2.75) is 19.9 Å². The van der Waals surface area contributed by atoms with Gasteiger partial charge in [0.05, 0.1) is 11.4 Å². The molecule has 136 valence electrons. The molecule has 6 nitrogen and oxygen atoms in total. The van der Waals surface area contributed by atoms with Gasteiger partial charge in [0, 0.05) is 11.9 Å². The number of hydrogen-bond donors (Lipinski definition) is 0. The first kappa shape index (κ1) is 17.4. The minimum Gasteiger partial charge on any atom is -0.293 e. The third-order valence-corrected chi connectivity index (χ3v) is 5.01. The van der Waals surface area contributed by atoms with Crippen LogP contribution in [0.15, 0.2) is 53.6 Å². The Hall–Kier alpha value is -2.99. The van der Waals surface area contributed by atoms with E-state index in [-0.39, 0.29) is 11.5 Å². The number of carbonyl (C=O) groups excluding carboxylic acids is 3. The summed E-state index contributed by atoms with van der Waals surface area (Å²) >= 11 is 6.02. The van der Waals surface area contributed by atoms with Crippen LogP contribution in [0.3, 0.4) is 0 Å². The number of rotatable bonds is 3. The molecule has 27 heavy (non-hydrogen) atoms. The van der Waals surface area contributed by atoms with Crippen molar-refractivity contribution in [3.63, 3.8) is 0 Å². The zero-order valence-electron chi connectivity index (χ0n) is 14.7. The summed E-state index contributed by atoms with van der Waals surface area (Å²) in [6.45, 7) is 3.31. The number of hydrazone groups is 1. The maximum Gasteiger partial charge on any atom is 0.259 e. The van der Waals surface area contributed by atoms with Gasteiger partial charge in [-0.1, -0.05) is 35.4 Å². The highest BCUT2D eigenvalue weighted by Crippen LogP contribution is 2.38. The van der Waals surface area contributed by atoms with Gasteiger partial charge < -0.3 is 0 Å². The van der Waals surface area contributed by atoms with Gasteiger partial charge in [-0.05, 0) is 37.3 Å². The second kappa shape index (κ2) is 6.32. The average molecular weight is 382 g/mol. The van der Waals surface area contributed by atoms with E-state index in [0.717, 1.165) is 10.5 Å². The molecular weight excluding hydrogens is 366 g/mol. The van der Waals surface area contributed by atoms with Crippen LogP contribution >= 0.6 is 11.6 Å². The maximum absolute atomic E-state index is 13.2. The molecule has 1 fully saturated rings. The average Bonchev–Trinajstić information content (AvgIpc) is 3.13. The normalized spacial score (nSPS) is 21.5. The zero-order valence-corrected chi connectivity index (χ0v) is 15.5. The molecular formula is C20H16ClN3O3. The van der Waals surface area contributed by atoms with Crippen molar-refractivity contribution in [2.24, 2.45) is 11.0 Å². The van der Waals surface area contributed by atoms with Crippen LogP contribution < -0.4 is 9.91 Å². The van der Waals surface area contributed by atoms with E-state index in [1.54, 1.807) is 24.3 Å². The Morgan fingerprint density at radius 3 is 2.37 bits per heavy atom. The predicted molar refractivity (Wildman–Crippen MR) is 103 cm³/mol. The molecule has 0 spiro atoms. The van der Waals surface area contributed by atoms with E-state index in [0.29, 0.717) is 16.4 Å². The largest absolute Gasteiger partial charge is 0.293 e. The molecule has 7 heteroatoms. The van der Waals surface area contributed by atoms with Crippen molar-refractivity contribution >= 4 is 46.3 Å². The zero-order chi connectivity index (χ0) is 19.3. The van der Waals surface area contributed by atoms with Crippen molar-refractivity contribution in [3.05, 3.63) is 59.1 Å². The number of imide groups is 1. The van der Waals surface area contributed by atoms with E-state index >= 15 is 0 Å². The number of aryl methyl sites for hydroxylation is 1. The molecule has 0 radical (unpaired) electrons. The molecule has 2 aromatic carbocycles. The number of ketones is 1. The molecule has 0 saturated carbocycles. The fraction of sp³-hybridized carbons (Fsp3) is 0.200. The Morgan fingerprint density at radius 2 is 1.74 bits per heavy atom. The minimum atomic E-state index is -0.921. The van der Waals surface area contributed by atoms with Crippen LogP contribution in [0.1, 0.15) is 12.5 Å². The highest BCUT2D eigenvalue weighted by molar-refractivity contribution is 6.49. The number of hydrogen-bond acceptors (Lipinski definition) is 5. The molecule has 2 aliphatic heterocycles. The molecule has 2 atom stereocenters. The van der Waals surface area contributed by atoms with Crippen molar-refractivity contribution in [3.8, 4) is 0 Å². The van der Waals surface area contributed by atoms with Crippen LogP contribution in [0.4, 0.5) is 11.4 Å². The molecule has 0 N–H and O–H groups in total. The Morgan fingerprint density at radius 1 is 1.04 bits per heavy atom. The molecule has 1 saturated heterocycles. The SMILES string of the molecule is CC(=O)C1=NN(c2ccc(C)cc2)C2C(=O)N(c3cccc(Cl)c3)C(=O)C12. The molecule has 0 aromatic heterocycles. The molecule has 2 aromatic rings. The van der Waals surface area contributed by atoms with E-state index in [4.69, 9.17) is 11.6 Å². The second-order valence-corrected chi connectivity index (χ2v) is 7.07. The Labute approximate surface area is 161 Å². The monoisotopic (exact) mass is 381 g/mol. The van der Waals surface area contributed by atoms with E-state index < -0.39 is 23.8 Å². The number of anilines is 2. The fourth-order valence-electron chi connectivity index (χ4n) is 3.49. The summed E-state index contributed by atoms with van der Waals surface area (Å²) in [7, 11) is 0. The first-order valence-electron chi connectivity index (χ1n) is 8.47. The van der Waals surface area contributed by atoms with Crippen molar-refractivity contribution in [2.75, 3.05) is 9.91 Å². The lowest BCUT2D eigenvalue weighted by molar-refractivity contribution is -0.122. The number of carbonyl (C=O) groups is 3. The Balaban J connectivity index is 1.80. The predicted octanol–water partition coefficient (Wildman–Crippen LogP) is 2.97. The fourth-order valence-corrected chi connectivity index (χ4v) is 3.67. The van der Waals surface area contributed by atoms with Crippen molar-refractivity contribution in [1.82, 2.24) is 0 Å². The van der Waals surface area contributed by atoms with Gasteiger partial charge in [0.2, 0.25) is 5.91 Å². The smallest absolute Gasteiger partial charge is 0.259 e. The third kappa shape index (κ3) is 2.73. The number of amides is 2. The number of benzene rings is 2. The van der Waals surface area contributed by atoms with Gasteiger partial charge in [0.15, 0.2) is 5.78 Å². The molecule has 2 unspecified atom stereocenters. The summed E-state index contributed by atoms with van der Waals surface area (Å²) in [4.78, 5) is 39.4. The second-order valence-electron chi connectivity index (χ2n) is 6.64. The summed E-state index contributed by atoms with van der Waals surface area (Å²) in [6.07, 6.45) is 0. The highest BCUT2D eigenvalue weighted by Gasteiger charge is 2.58. The summed E-state index contributed by atoms with van der Waals surface area (Å²) in [5.74, 6) is -2.13. The summed E-state index contributed by atoms with van der Waals surface area (Å²) in [6, 6.07) is 13.1. The third-order valence-electron chi connectivity index (χ3n) is 4.77. The van der Waals surface area contributed by atoms with Crippen LogP contribution in [0.2, 0.25) is 5.02 Å². The van der Waals surface area contributed by atoms with Crippen molar-refractivity contribution < 1.29 is 14.4 Å². The lowest BCUT2D eigenvalue weighted by atomic mass is 9.95. The van der Waals surface area contributed by atoms with Crippen LogP contribution in [-0.4, -0.2) is 29.4 Å².